The lowest BCUT2D eigenvalue weighted by Gasteiger charge is -2.16. The van der Waals surface area contributed by atoms with Gasteiger partial charge in [0.15, 0.2) is 17.5 Å². The predicted molar refractivity (Wildman–Crippen MR) is 117 cm³/mol. The zero-order valence-corrected chi connectivity index (χ0v) is 18.0. The second-order valence-corrected chi connectivity index (χ2v) is 9.33. The van der Waals surface area contributed by atoms with E-state index in [-0.39, 0.29) is 17.6 Å². The van der Waals surface area contributed by atoms with Gasteiger partial charge in [-0.15, -0.1) is 0 Å². The molecule has 3 aromatic rings. The van der Waals surface area contributed by atoms with E-state index in [1.165, 1.54) is 6.07 Å². The first-order chi connectivity index (χ1) is 15.1. The molecule has 2 aliphatic heterocycles. The molecular weight excluding hydrogens is 441 g/mol. The smallest absolute Gasteiger partial charge is 0.225 e. The molecule has 1 saturated heterocycles. The first kappa shape index (κ1) is 20.2. The number of halogens is 2. The van der Waals surface area contributed by atoms with Gasteiger partial charge in [-0.05, 0) is 41.8 Å². The van der Waals surface area contributed by atoms with E-state index in [0.29, 0.717) is 33.8 Å². The summed E-state index contributed by atoms with van der Waals surface area (Å²) < 4.78 is 37.7. The van der Waals surface area contributed by atoms with Crippen LogP contribution in [0.25, 0.3) is 11.1 Å². The molecule has 160 valence electrons. The van der Waals surface area contributed by atoms with Crippen molar-refractivity contribution in [3.63, 3.8) is 0 Å². The highest BCUT2D eigenvalue weighted by atomic mass is 35.5. The molecular formula is C22H19ClFN3O3S. The molecule has 3 heterocycles. The third kappa shape index (κ3) is 4.22. The lowest BCUT2D eigenvalue weighted by atomic mass is 10.0. The molecule has 1 fully saturated rings. The molecule has 2 aliphatic rings. The van der Waals surface area contributed by atoms with Gasteiger partial charge in [-0.25, -0.2) is 14.4 Å². The summed E-state index contributed by atoms with van der Waals surface area (Å²) in [5.74, 6) is 1.47. The maximum Gasteiger partial charge on any atom is 0.225 e. The van der Waals surface area contributed by atoms with E-state index in [1.54, 1.807) is 30.6 Å². The molecule has 0 amide bonds. The van der Waals surface area contributed by atoms with Gasteiger partial charge in [0.05, 0.1) is 39.7 Å². The lowest BCUT2D eigenvalue weighted by molar-refractivity contribution is 0.250. The molecule has 1 aromatic heterocycles. The van der Waals surface area contributed by atoms with Gasteiger partial charge in [0.25, 0.3) is 0 Å². The Bertz CT molecular complexity index is 1150. The van der Waals surface area contributed by atoms with Gasteiger partial charge in [-0.1, -0.05) is 23.7 Å². The highest BCUT2D eigenvalue weighted by Gasteiger charge is 2.25. The molecule has 0 spiro atoms. The van der Waals surface area contributed by atoms with Crippen LogP contribution in [0, 0.1) is 11.7 Å². The molecule has 0 aliphatic carbocycles. The second kappa shape index (κ2) is 8.43. The van der Waals surface area contributed by atoms with Crippen LogP contribution in [-0.2, 0) is 10.8 Å². The van der Waals surface area contributed by atoms with Crippen LogP contribution >= 0.6 is 11.6 Å². The Morgan fingerprint density at radius 2 is 1.97 bits per heavy atom. The molecule has 1 unspecified atom stereocenters. The van der Waals surface area contributed by atoms with E-state index in [1.807, 2.05) is 12.1 Å². The average Bonchev–Trinajstić information content (AvgIpc) is 3.40. The minimum absolute atomic E-state index is 0.169. The van der Waals surface area contributed by atoms with Crippen LogP contribution in [0.15, 0.2) is 53.7 Å². The fourth-order valence-electron chi connectivity index (χ4n) is 3.79. The highest BCUT2D eigenvalue weighted by molar-refractivity contribution is 7.85. The standard InChI is InChI=1S/C22H19ClFN3O3S/c23-17-9-25-22(26-10-17)27-6-5-14(11-27)12-29-19-3-1-15(7-18(19)24)16-2-4-21-20(8-16)30-13-31(21)28/h1-4,7-10,14H,5-6,11-13H2/t14-,31?/m0/s1. The van der Waals surface area contributed by atoms with Crippen molar-refractivity contribution in [2.24, 2.45) is 5.92 Å². The molecule has 6 nitrogen and oxygen atoms in total. The lowest BCUT2D eigenvalue weighted by Crippen LogP contribution is -2.23. The molecule has 0 N–H and O–H groups in total. The van der Waals surface area contributed by atoms with E-state index in [9.17, 15) is 8.60 Å². The highest BCUT2D eigenvalue weighted by Crippen LogP contribution is 2.34. The average molecular weight is 460 g/mol. The number of fused-ring (bicyclic) bond motifs is 1. The first-order valence-electron chi connectivity index (χ1n) is 9.87. The third-order valence-corrected chi connectivity index (χ3v) is 6.78. The fraction of sp³-hybridized carbons (Fsp3) is 0.273. The monoisotopic (exact) mass is 459 g/mol. The van der Waals surface area contributed by atoms with Gasteiger partial charge in [-0.3, -0.25) is 4.21 Å². The summed E-state index contributed by atoms with van der Waals surface area (Å²) >= 11 is 5.84. The van der Waals surface area contributed by atoms with Gasteiger partial charge in [-0.2, -0.15) is 0 Å². The number of benzene rings is 2. The van der Waals surface area contributed by atoms with Crippen molar-refractivity contribution in [3.8, 4) is 22.6 Å². The summed E-state index contributed by atoms with van der Waals surface area (Å²) in [6.45, 7) is 1.99. The summed E-state index contributed by atoms with van der Waals surface area (Å²) in [5.41, 5.74) is 1.51. The Hall–Kier alpha value is -2.71. The SMILES string of the molecule is O=S1COc2cc(-c3ccc(OC[C@H]4CCN(c5ncc(Cl)cn5)C4)c(F)c3)ccc21. The van der Waals surface area contributed by atoms with E-state index in [2.05, 4.69) is 14.9 Å². The number of rotatable bonds is 5. The molecule has 31 heavy (non-hydrogen) atoms. The van der Waals surface area contributed by atoms with Gasteiger partial charge in [0.1, 0.15) is 5.75 Å². The third-order valence-electron chi connectivity index (χ3n) is 5.43. The van der Waals surface area contributed by atoms with E-state index < -0.39 is 16.6 Å². The van der Waals surface area contributed by atoms with Crippen molar-refractivity contribution < 1.29 is 18.1 Å². The topological polar surface area (TPSA) is 64.6 Å². The Balaban J connectivity index is 1.22. The molecule has 2 aromatic carbocycles. The van der Waals surface area contributed by atoms with Crippen molar-refractivity contribution in [1.82, 2.24) is 9.97 Å². The maximum atomic E-state index is 14.7. The maximum absolute atomic E-state index is 14.7. The Labute approximate surface area is 186 Å². The van der Waals surface area contributed by atoms with Gasteiger partial charge < -0.3 is 14.4 Å². The summed E-state index contributed by atoms with van der Waals surface area (Å²) in [6, 6.07) is 10.3. The number of hydrogen-bond donors (Lipinski definition) is 0. The van der Waals surface area contributed by atoms with Crippen LogP contribution < -0.4 is 14.4 Å². The molecule has 2 atom stereocenters. The predicted octanol–water partition coefficient (Wildman–Crippen LogP) is 4.30. The van der Waals surface area contributed by atoms with E-state index in [4.69, 9.17) is 21.1 Å². The number of nitrogens with zero attached hydrogens (tertiary/aromatic N) is 3. The van der Waals surface area contributed by atoms with Crippen LogP contribution in [0.2, 0.25) is 5.02 Å². The zero-order valence-electron chi connectivity index (χ0n) is 16.5. The van der Waals surface area contributed by atoms with Crippen molar-refractivity contribution in [3.05, 3.63) is 59.6 Å². The van der Waals surface area contributed by atoms with Crippen LogP contribution in [0.3, 0.4) is 0 Å². The van der Waals surface area contributed by atoms with Crippen LogP contribution in [0.4, 0.5) is 10.3 Å². The normalized spacial score (nSPS) is 19.9. The Kier molecular flexibility index (Phi) is 5.50. The molecule has 0 saturated carbocycles. The molecule has 0 radical (unpaired) electrons. The zero-order chi connectivity index (χ0) is 21.4. The van der Waals surface area contributed by atoms with E-state index in [0.717, 1.165) is 25.1 Å². The number of ether oxygens (including phenoxy) is 2. The second-order valence-electron chi connectivity index (χ2n) is 7.53. The van der Waals surface area contributed by atoms with Crippen molar-refractivity contribution in [2.75, 3.05) is 30.5 Å². The molecule has 0 bridgehead atoms. The van der Waals surface area contributed by atoms with Crippen molar-refractivity contribution in [1.29, 1.82) is 0 Å². The summed E-state index contributed by atoms with van der Waals surface area (Å²) in [4.78, 5) is 11.3. The van der Waals surface area contributed by atoms with Crippen molar-refractivity contribution in [2.45, 2.75) is 11.3 Å². The van der Waals surface area contributed by atoms with Gasteiger partial charge >= 0.3 is 0 Å². The Morgan fingerprint density at radius 3 is 2.77 bits per heavy atom. The molecule has 5 rings (SSSR count). The van der Waals surface area contributed by atoms with Gasteiger partial charge in [0, 0.05) is 19.0 Å². The first-order valence-corrected chi connectivity index (χ1v) is 11.6. The number of hydrogen-bond acceptors (Lipinski definition) is 6. The number of anilines is 1. The summed E-state index contributed by atoms with van der Waals surface area (Å²) in [7, 11) is -1.12. The van der Waals surface area contributed by atoms with Crippen LogP contribution in [0.1, 0.15) is 6.42 Å². The Morgan fingerprint density at radius 1 is 1.19 bits per heavy atom. The van der Waals surface area contributed by atoms with Gasteiger partial charge in [0.2, 0.25) is 5.95 Å². The summed E-state index contributed by atoms with van der Waals surface area (Å²) in [5, 5.41) is 0.504. The quantitative estimate of drug-likeness (QED) is 0.567. The number of aromatic nitrogens is 2. The minimum Gasteiger partial charge on any atom is -0.490 e. The van der Waals surface area contributed by atoms with E-state index >= 15 is 0 Å². The minimum atomic E-state index is -1.12. The molecule has 9 heteroatoms. The summed E-state index contributed by atoms with van der Waals surface area (Å²) in [6.07, 6.45) is 4.08. The van der Waals surface area contributed by atoms with Crippen LogP contribution in [-0.4, -0.2) is 39.8 Å². The van der Waals surface area contributed by atoms with Crippen molar-refractivity contribution >= 4 is 28.3 Å². The fourth-order valence-corrected chi connectivity index (χ4v) is 4.81. The largest absolute Gasteiger partial charge is 0.490 e. The van der Waals surface area contributed by atoms with Crippen LogP contribution in [0.5, 0.6) is 11.5 Å².